The normalized spacial score (nSPS) is 17.1. The first-order valence-electron chi connectivity index (χ1n) is 12.1. The van der Waals surface area contributed by atoms with Gasteiger partial charge in [0.15, 0.2) is 17.8 Å². The summed E-state index contributed by atoms with van der Waals surface area (Å²) in [4.78, 5) is 28.8. The number of methoxy groups -OCH3 is 3. The van der Waals surface area contributed by atoms with Gasteiger partial charge in [-0.1, -0.05) is 12.1 Å². The third-order valence-corrected chi connectivity index (χ3v) is 6.30. The molecular formula is C27H36N2O7. The molecule has 0 fully saturated rings. The molecule has 2 aromatic rings. The first-order chi connectivity index (χ1) is 17.4. The van der Waals surface area contributed by atoms with Crippen molar-refractivity contribution in [2.75, 3.05) is 48.1 Å². The molecule has 1 heterocycles. The van der Waals surface area contributed by atoms with Crippen molar-refractivity contribution >= 4 is 11.8 Å². The second-order valence-electron chi connectivity index (χ2n) is 8.33. The average Bonchev–Trinajstić information content (AvgIpc) is 2.90. The molecule has 1 aliphatic rings. The van der Waals surface area contributed by atoms with Crippen LogP contribution in [-0.2, 0) is 14.3 Å². The number of nitrogens with zero attached hydrogens (tertiary/aromatic N) is 1. The fourth-order valence-electron chi connectivity index (χ4n) is 4.56. The molecule has 0 spiro atoms. The van der Waals surface area contributed by atoms with Crippen LogP contribution in [-0.4, -0.2) is 71.1 Å². The van der Waals surface area contributed by atoms with Crippen LogP contribution in [0.1, 0.15) is 53.7 Å². The highest BCUT2D eigenvalue weighted by molar-refractivity contribution is 6.02. The second-order valence-corrected chi connectivity index (χ2v) is 8.33. The van der Waals surface area contributed by atoms with Crippen LogP contribution in [0.25, 0.3) is 0 Å². The number of likely N-dealkylation sites (N-methyl/N-ethyl adjacent to an activating group) is 1. The SMILES string of the molecule is CCOC(CCNC(=O)[C@@H]1c2cc(OC)c(OC)cc2C(=O)N(C)[C@H]1c1ccc(OC)cc1)OCC. The van der Waals surface area contributed by atoms with E-state index in [4.69, 9.17) is 23.7 Å². The number of ether oxygens (including phenoxy) is 5. The van der Waals surface area contributed by atoms with E-state index in [1.54, 1.807) is 31.2 Å². The lowest BCUT2D eigenvalue weighted by molar-refractivity contribution is -0.140. The lowest BCUT2D eigenvalue weighted by Crippen LogP contribution is -2.46. The van der Waals surface area contributed by atoms with Crippen molar-refractivity contribution in [1.82, 2.24) is 10.2 Å². The summed E-state index contributed by atoms with van der Waals surface area (Å²) in [6.07, 6.45) is 0.103. The number of nitrogens with one attached hydrogen (secondary N) is 1. The summed E-state index contributed by atoms with van der Waals surface area (Å²) in [6.45, 7) is 5.19. The van der Waals surface area contributed by atoms with Crippen molar-refractivity contribution in [3.8, 4) is 17.2 Å². The highest BCUT2D eigenvalue weighted by atomic mass is 16.7. The van der Waals surface area contributed by atoms with E-state index >= 15 is 0 Å². The van der Waals surface area contributed by atoms with E-state index in [1.807, 2.05) is 38.1 Å². The molecule has 0 bridgehead atoms. The third kappa shape index (κ3) is 5.74. The Kier molecular flexibility index (Phi) is 9.55. The molecule has 0 radical (unpaired) electrons. The molecule has 0 saturated carbocycles. The highest BCUT2D eigenvalue weighted by Crippen LogP contribution is 2.45. The van der Waals surface area contributed by atoms with E-state index < -0.39 is 18.2 Å². The van der Waals surface area contributed by atoms with Crippen molar-refractivity contribution in [3.05, 3.63) is 53.1 Å². The molecule has 2 amide bonds. The quantitative estimate of drug-likeness (QED) is 0.446. The lowest BCUT2D eigenvalue weighted by Gasteiger charge is -2.40. The van der Waals surface area contributed by atoms with Gasteiger partial charge in [-0.25, -0.2) is 0 Å². The number of amides is 2. The van der Waals surface area contributed by atoms with E-state index in [1.165, 1.54) is 14.2 Å². The Morgan fingerprint density at radius 2 is 1.58 bits per heavy atom. The molecule has 196 valence electrons. The van der Waals surface area contributed by atoms with Gasteiger partial charge in [0.05, 0.1) is 33.3 Å². The van der Waals surface area contributed by atoms with Crippen LogP contribution in [0.5, 0.6) is 17.2 Å². The zero-order valence-electron chi connectivity index (χ0n) is 21.8. The van der Waals surface area contributed by atoms with Crippen LogP contribution in [0, 0.1) is 0 Å². The van der Waals surface area contributed by atoms with Crippen molar-refractivity contribution in [3.63, 3.8) is 0 Å². The zero-order valence-corrected chi connectivity index (χ0v) is 21.8. The monoisotopic (exact) mass is 500 g/mol. The number of carbonyl (C=O) groups is 2. The Hall–Kier alpha value is -3.30. The molecular weight excluding hydrogens is 464 g/mol. The predicted octanol–water partition coefficient (Wildman–Crippen LogP) is 3.53. The van der Waals surface area contributed by atoms with Crippen LogP contribution >= 0.6 is 0 Å². The van der Waals surface area contributed by atoms with Crippen LogP contribution in [0.4, 0.5) is 0 Å². The molecule has 0 saturated heterocycles. The molecule has 0 aliphatic carbocycles. The number of hydrogen-bond donors (Lipinski definition) is 1. The van der Waals surface area contributed by atoms with Gasteiger partial charge in [-0.15, -0.1) is 0 Å². The van der Waals surface area contributed by atoms with Gasteiger partial charge in [0.25, 0.3) is 5.91 Å². The summed E-state index contributed by atoms with van der Waals surface area (Å²) >= 11 is 0. The predicted molar refractivity (Wildman–Crippen MR) is 135 cm³/mol. The maximum absolute atomic E-state index is 13.7. The molecule has 1 N–H and O–H groups in total. The zero-order chi connectivity index (χ0) is 26.2. The minimum atomic E-state index is -0.687. The Balaban J connectivity index is 2.01. The minimum absolute atomic E-state index is 0.205. The van der Waals surface area contributed by atoms with Gasteiger partial charge < -0.3 is 33.9 Å². The van der Waals surface area contributed by atoms with Gasteiger partial charge in [0.1, 0.15) is 5.75 Å². The smallest absolute Gasteiger partial charge is 0.254 e. The Bertz CT molecular complexity index is 1040. The standard InChI is InChI=1S/C27H36N2O7/c1-7-35-23(36-8-2)13-14-28-26(30)24-19-15-21(33-5)22(34-6)16-20(19)27(31)29(3)25(24)17-9-11-18(32-4)12-10-17/h9-12,15-16,23-25H,7-8,13-14H2,1-6H3,(H,28,30)/t24-,25+/m1/s1. The van der Waals surface area contributed by atoms with E-state index in [0.29, 0.717) is 54.6 Å². The Morgan fingerprint density at radius 3 is 2.14 bits per heavy atom. The van der Waals surface area contributed by atoms with Gasteiger partial charge in [-0.3, -0.25) is 9.59 Å². The topological polar surface area (TPSA) is 95.6 Å². The van der Waals surface area contributed by atoms with Crippen molar-refractivity contribution in [1.29, 1.82) is 0 Å². The number of carbonyl (C=O) groups excluding carboxylic acids is 2. The van der Waals surface area contributed by atoms with Gasteiger partial charge >= 0.3 is 0 Å². The summed E-state index contributed by atoms with van der Waals surface area (Å²) in [5.74, 6) is 0.464. The van der Waals surface area contributed by atoms with E-state index in [9.17, 15) is 9.59 Å². The summed E-state index contributed by atoms with van der Waals surface area (Å²) in [5.41, 5.74) is 1.80. The van der Waals surface area contributed by atoms with Crippen LogP contribution in [0.15, 0.2) is 36.4 Å². The molecule has 2 aromatic carbocycles. The van der Waals surface area contributed by atoms with Gasteiger partial charge in [-0.2, -0.15) is 0 Å². The van der Waals surface area contributed by atoms with E-state index in [0.717, 1.165) is 5.56 Å². The number of fused-ring (bicyclic) bond motifs is 1. The molecule has 2 atom stereocenters. The fourth-order valence-corrected chi connectivity index (χ4v) is 4.56. The molecule has 9 nitrogen and oxygen atoms in total. The van der Waals surface area contributed by atoms with Gasteiger partial charge in [0.2, 0.25) is 5.91 Å². The second kappa shape index (κ2) is 12.6. The highest BCUT2D eigenvalue weighted by Gasteiger charge is 2.43. The molecule has 3 rings (SSSR count). The molecule has 1 aliphatic heterocycles. The molecule has 9 heteroatoms. The lowest BCUT2D eigenvalue weighted by atomic mass is 9.79. The Labute approximate surface area is 212 Å². The Morgan fingerprint density at radius 1 is 0.972 bits per heavy atom. The summed E-state index contributed by atoms with van der Waals surface area (Å²) in [7, 11) is 6.34. The van der Waals surface area contributed by atoms with Crippen LogP contribution in [0.2, 0.25) is 0 Å². The summed E-state index contributed by atoms with van der Waals surface area (Å²) in [6, 6.07) is 10.2. The fraction of sp³-hybridized carbons (Fsp3) is 0.481. The van der Waals surface area contributed by atoms with E-state index in [2.05, 4.69) is 5.32 Å². The summed E-state index contributed by atoms with van der Waals surface area (Å²) < 4.78 is 27.4. The van der Waals surface area contributed by atoms with Gasteiger partial charge in [-0.05, 0) is 49.2 Å². The maximum atomic E-state index is 13.7. The van der Waals surface area contributed by atoms with E-state index in [-0.39, 0.29) is 11.8 Å². The average molecular weight is 501 g/mol. The number of benzene rings is 2. The van der Waals surface area contributed by atoms with Gasteiger partial charge in [0, 0.05) is 38.8 Å². The first-order valence-corrected chi connectivity index (χ1v) is 12.1. The maximum Gasteiger partial charge on any atom is 0.254 e. The number of rotatable bonds is 12. The van der Waals surface area contributed by atoms with Crippen molar-refractivity contribution in [2.24, 2.45) is 0 Å². The first kappa shape index (κ1) is 27.3. The molecule has 0 aromatic heterocycles. The van der Waals surface area contributed by atoms with Crippen molar-refractivity contribution < 1.29 is 33.3 Å². The number of hydrogen-bond acceptors (Lipinski definition) is 7. The minimum Gasteiger partial charge on any atom is -0.497 e. The van der Waals surface area contributed by atoms with Crippen LogP contribution in [0.3, 0.4) is 0 Å². The molecule has 36 heavy (non-hydrogen) atoms. The van der Waals surface area contributed by atoms with Crippen molar-refractivity contribution in [2.45, 2.75) is 38.5 Å². The third-order valence-electron chi connectivity index (χ3n) is 6.30. The molecule has 0 unspecified atom stereocenters. The van der Waals surface area contributed by atoms with Crippen LogP contribution < -0.4 is 19.5 Å². The summed E-state index contributed by atoms with van der Waals surface area (Å²) in [5, 5.41) is 3.03. The largest absolute Gasteiger partial charge is 0.497 e.